The van der Waals surface area contributed by atoms with Gasteiger partial charge in [0.05, 0.1) is 12.9 Å². The highest BCUT2D eigenvalue weighted by molar-refractivity contribution is 6.29. The van der Waals surface area contributed by atoms with Gasteiger partial charge in [-0.05, 0) is 12.5 Å². The summed E-state index contributed by atoms with van der Waals surface area (Å²) < 4.78 is 35.1. The van der Waals surface area contributed by atoms with Gasteiger partial charge in [-0.1, -0.05) is 27.7 Å². The quantitative estimate of drug-likeness (QED) is 0.538. The van der Waals surface area contributed by atoms with Crippen LogP contribution in [0.5, 0.6) is 0 Å². The molecule has 178 valence electrons. The van der Waals surface area contributed by atoms with Crippen molar-refractivity contribution in [1.29, 1.82) is 0 Å². The second-order valence-electron chi connectivity index (χ2n) is 8.90. The second kappa shape index (κ2) is 9.77. The fraction of sp³-hybridized carbons (Fsp3) is 0.700. The number of hydrogen-bond donors (Lipinski definition) is 2. The minimum Gasteiger partial charge on any atom is -0.415 e. The lowest BCUT2D eigenvalue weighted by Gasteiger charge is -2.28. The van der Waals surface area contributed by atoms with E-state index in [0.717, 1.165) is 0 Å². The molecule has 0 aromatic carbocycles. The molecule has 0 aliphatic carbocycles. The number of nitrogens with zero attached hydrogens (tertiary/aromatic N) is 4. The Morgan fingerprint density at radius 2 is 2.09 bits per heavy atom. The molecule has 0 unspecified atom stereocenters. The van der Waals surface area contributed by atoms with Gasteiger partial charge in [-0.15, -0.1) is 0 Å². The van der Waals surface area contributed by atoms with Crippen molar-refractivity contribution in [2.24, 2.45) is 5.92 Å². The third kappa shape index (κ3) is 4.77. The van der Waals surface area contributed by atoms with Crippen LogP contribution in [0.15, 0.2) is 6.33 Å². The number of carbonyl (C=O) groups excluding carboxylic acids is 1. The molecule has 12 heteroatoms. The monoisotopic (exact) mass is 468 g/mol. The van der Waals surface area contributed by atoms with Gasteiger partial charge >= 0.3 is 0 Å². The summed E-state index contributed by atoms with van der Waals surface area (Å²) in [6, 6.07) is 0. The summed E-state index contributed by atoms with van der Waals surface area (Å²) in [5.41, 5.74) is -0.695. The molecule has 2 aromatic rings. The van der Waals surface area contributed by atoms with E-state index in [4.69, 9.17) is 13.9 Å². The van der Waals surface area contributed by atoms with Gasteiger partial charge in [0.15, 0.2) is 38.6 Å². The Kier molecular flexibility index (Phi) is 7.48. The number of rotatable bonds is 9. The molecule has 1 fully saturated rings. The number of amides is 1. The molecule has 3 heterocycles. The number of carbonyl (C=O) groups is 1. The van der Waals surface area contributed by atoms with Crippen LogP contribution in [-0.4, -0.2) is 73.8 Å². The highest BCUT2D eigenvalue weighted by Crippen LogP contribution is 2.44. The first kappa shape index (κ1) is 24.5. The fourth-order valence-electron chi connectivity index (χ4n) is 3.64. The maximum atomic E-state index is 16.2. The summed E-state index contributed by atoms with van der Waals surface area (Å²) in [7, 11) is 2.28. The lowest BCUT2D eigenvalue weighted by molar-refractivity contribution is -0.118. The van der Waals surface area contributed by atoms with E-state index >= 15 is 4.39 Å². The van der Waals surface area contributed by atoms with E-state index in [2.05, 4.69) is 39.4 Å². The van der Waals surface area contributed by atoms with Gasteiger partial charge in [-0.2, -0.15) is 9.97 Å². The highest BCUT2D eigenvalue weighted by atomic mass is 28.2. The van der Waals surface area contributed by atoms with Gasteiger partial charge in [-0.25, -0.2) is 9.37 Å². The molecule has 0 bridgehead atoms. The van der Waals surface area contributed by atoms with Gasteiger partial charge in [0.2, 0.25) is 11.9 Å². The van der Waals surface area contributed by atoms with Crippen LogP contribution in [0.4, 0.5) is 16.2 Å². The normalized spacial score (nSPS) is 26.1. The van der Waals surface area contributed by atoms with Crippen molar-refractivity contribution in [1.82, 2.24) is 19.5 Å². The zero-order valence-electron chi connectivity index (χ0n) is 19.7. The van der Waals surface area contributed by atoms with Gasteiger partial charge in [0, 0.05) is 20.1 Å². The zero-order chi connectivity index (χ0) is 23.6. The maximum Gasteiger partial charge on any atom is 0.233 e. The van der Waals surface area contributed by atoms with Crippen molar-refractivity contribution < 1.29 is 23.1 Å². The average Bonchev–Trinajstić information content (AvgIpc) is 3.23. The lowest BCUT2D eigenvalue weighted by atomic mass is 9.98. The molecule has 2 aromatic heterocycles. The van der Waals surface area contributed by atoms with Crippen molar-refractivity contribution in [3.63, 3.8) is 0 Å². The number of hydrogen-bond acceptors (Lipinski definition) is 8. The average molecular weight is 469 g/mol. The number of fused-ring (bicyclic) bond motifs is 1. The Balaban J connectivity index is 2.02. The minimum atomic E-state index is -1.86. The molecule has 32 heavy (non-hydrogen) atoms. The molecular formula is C20H33FN6O4Si. The van der Waals surface area contributed by atoms with Crippen LogP contribution < -0.4 is 10.6 Å². The van der Waals surface area contributed by atoms with Crippen LogP contribution in [0.3, 0.4) is 0 Å². The van der Waals surface area contributed by atoms with Crippen molar-refractivity contribution in [2.45, 2.75) is 64.3 Å². The number of imidazole rings is 1. The molecular weight excluding hydrogens is 435 g/mol. The Morgan fingerprint density at radius 1 is 1.38 bits per heavy atom. The van der Waals surface area contributed by atoms with Crippen LogP contribution in [0.25, 0.3) is 11.2 Å². The third-order valence-corrected chi connectivity index (χ3v) is 6.51. The summed E-state index contributed by atoms with van der Waals surface area (Å²) in [5.74, 6) is 0.0497. The smallest absolute Gasteiger partial charge is 0.233 e. The molecule has 2 N–H and O–H groups in total. The van der Waals surface area contributed by atoms with E-state index in [1.807, 2.05) is 0 Å². The number of alkyl halides is 1. The SMILES string of the molecule is CNc1nc(NC(=O)C(C)C)nc2c1ncn2[C@@H]1O[C@H](COC)[C@@H](O[SiH2]C(C)C)[C@@]1(C)F. The summed E-state index contributed by atoms with van der Waals surface area (Å²) in [5, 5.41) is 5.65. The topological polar surface area (TPSA) is 112 Å². The Labute approximate surface area is 189 Å². The van der Waals surface area contributed by atoms with Crippen LogP contribution >= 0.6 is 0 Å². The van der Waals surface area contributed by atoms with Gasteiger partial charge in [-0.3, -0.25) is 14.7 Å². The molecule has 1 aliphatic heterocycles. The Bertz CT molecular complexity index is 954. The second-order valence-corrected chi connectivity index (χ2v) is 11.2. The fourth-order valence-corrected chi connectivity index (χ4v) is 4.77. The van der Waals surface area contributed by atoms with Crippen molar-refractivity contribution in [3.05, 3.63) is 6.33 Å². The molecule has 0 radical (unpaired) electrons. The number of aromatic nitrogens is 4. The summed E-state index contributed by atoms with van der Waals surface area (Å²) in [6.07, 6.45) is -0.908. The van der Waals surface area contributed by atoms with Crippen LogP contribution in [0.2, 0.25) is 5.54 Å². The molecule has 10 nitrogen and oxygen atoms in total. The molecule has 1 aliphatic rings. The largest absolute Gasteiger partial charge is 0.415 e. The molecule has 4 atom stereocenters. The summed E-state index contributed by atoms with van der Waals surface area (Å²) >= 11 is 0. The maximum absolute atomic E-state index is 16.2. The van der Waals surface area contributed by atoms with E-state index in [0.29, 0.717) is 22.5 Å². The number of ether oxygens (including phenoxy) is 2. The first-order valence-electron chi connectivity index (χ1n) is 10.8. The van der Waals surface area contributed by atoms with E-state index < -0.39 is 33.9 Å². The van der Waals surface area contributed by atoms with Gasteiger partial charge in [0.1, 0.15) is 12.2 Å². The summed E-state index contributed by atoms with van der Waals surface area (Å²) in [4.78, 5) is 25.3. The first-order chi connectivity index (χ1) is 15.1. The van der Waals surface area contributed by atoms with E-state index in [-0.39, 0.29) is 24.4 Å². The standard InChI is InChI=1S/C20H33FN6O4Si/c1-10(2)17(28)26-19-24-15(22-6)13-16(25-19)27(9-23-13)18-20(5,21)14(31-32-11(3)4)12(30-18)8-29-7/h9-12,14,18H,8,32H2,1-7H3,(H2,22,24,25,26,28)/t12-,14-,18-,20-/m1/s1. The molecule has 1 saturated heterocycles. The van der Waals surface area contributed by atoms with Crippen LogP contribution in [-0.2, 0) is 18.7 Å². The minimum absolute atomic E-state index is 0.106. The molecule has 0 saturated carbocycles. The van der Waals surface area contributed by atoms with Crippen LogP contribution in [0.1, 0.15) is 40.8 Å². The van der Waals surface area contributed by atoms with Gasteiger partial charge < -0.3 is 19.2 Å². The number of methoxy groups -OCH3 is 1. The Morgan fingerprint density at radius 3 is 2.69 bits per heavy atom. The van der Waals surface area contributed by atoms with E-state index in [9.17, 15) is 4.79 Å². The van der Waals surface area contributed by atoms with Crippen molar-refractivity contribution >= 4 is 38.6 Å². The molecule has 3 rings (SSSR count). The highest BCUT2D eigenvalue weighted by Gasteiger charge is 2.56. The zero-order valence-corrected chi connectivity index (χ0v) is 21.1. The van der Waals surface area contributed by atoms with E-state index in [1.165, 1.54) is 17.8 Å². The van der Waals surface area contributed by atoms with E-state index in [1.54, 1.807) is 28.0 Å². The van der Waals surface area contributed by atoms with Crippen molar-refractivity contribution in [3.8, 4) is 0 Å². The number of anilines is 2. The number of nitrogens with one attached hydrogen (secondary N) is 2. The lowest BCUT2D eigenvalue weighted by Crippen LogP contribution is -2.43. The van der Waals surface area contributed by atoms with Crippen molar-refractivity contribution in [2.75, 3.05) is 31.4 Å². The van der Waals surface area contributed by atoms with Crippen LogP contribution in [0, 0.1) is 5.92 Å². The third-order valence-electron chi connectivity index (χ3n) is 5.29. The van der Waals surface area contributed by atoms with Gasteiger partial charge in [0.25, 0.3) is 0 Å². The summed E-state index contributed by atoms with van der Waals surface area (Å²) in [6.45, 7) is 9.34. The molecule has 1 amide bonds. The first-order valence-corrected chi connectivity index (χ1v) is 12.2. The number of halogens is 1. The predicted molar refractivity (Wildman–Crippen MR) is 122 cm³/mol. The Hall–Kier alpha value is -2.15. The molecule has 0 spiro atoms. The predicted octanol–water partition coefficient (Wildman–Crippen LogP) is 2.03.